The highest BCUT2D eigenvalue weighted by Gasteiger charge is 2.46. The second kappa shape index (κ2) is 18.1. The molecule has 14 aromatic rings. The van der Waals surface area contributed by atoms with Crippen LogP contribution in [0.2, 0.25) is 0 Å². The molecule has 1 aliphatic heterocycles. The van der Waals surface area contributed by atoms with Gasteiger partial charge in [-0.3, -0.25) is 9.24 Å². The van der Waals surface area contributed by atoms with Gasteiger partial charge in [0.2, 0.25) is 7.29 Å². The average Bonchev–Trinajstić information content (AvgIpc) is 3.74. The van der Waals surface area contributed by atoms with Crippen molar-refractivity contribution < 1.29 is 4.57 Å². The van der Waals surface area contributed by atoms with Crippen molar-refractivity contribution in [2.24, 2.45) is 0 Å². The van der Waals surface area contributed by atoms with E-state index in [2.05, 4.69) is 293 Å². The van der Waals surface area contributed by atoms with Crippen LogP contribution in [-0.2, 0) is 9.98 Å². The van der Waals surface area contributed by atoms with Crippen LogP contribution in [-0.4, -0.2) is 9.13 Å². The van der Waals surface area contributed by atoms with E-state index in [0.717, 1.165) is 100 Å². The molecule has 0 radical (unpaired) electrons. The second-order valence-corrected chi connectivity index (χ2v) is 24.6. The van der Waals surface area contributed by atoms with Gasteiger partial charge in [-0.25, -0.2) is 0 Å². The minimum atomic E-state index is -3.93. The summed E-state index contributed by atoms with van der Waals surface area (Å²) in [7, 11) is -3.93. The highest BCUT2D eigenvalue weighted by atomic mass is 31.2. The third-order valence-electron chi connectivity index (χ3n) is 17.2. The van der Waals surface area contributed by atoms with Crippen LogP contribution in [0, 0.1) is 0 Å². The first-order valence-corrected chi connectivity index (χ1v) is 29.5. The van der Waals surface area contributed by atoms with Crippen LogP contribution in [0.4, 0.5) is 28.4 Å². The summed E-state index contributed by atoms with van der Waals surface area (Å²) >= 11 is 0. The SMILES string of the molecule is CC1(C)c2ccccc2-c2c(N3c4ccc(-c5ccc6c(c5)c5ccccc5n6-c5ccccc5)cc4N(c4ccccc4)P(=O)(c4ccccc4)c4cc(-c5ccc6c(c5)c5ccccc5n6-c5ccccc5)ccc43)cccc21. The fourth-order valence-corrected chi connectivity index (χ4v) is 16.6. The maximum atomic E-state index is 18.2. The predicted molar refractivity (Wildman–Crippen MR) is 340 cm³/mol. The van der Waals surface area contributed by atoms with Crippen molar-refractivity contribution >= 4 is 90.0 Å². The molecule has 12 aromatic carbocycles. The van der Waals surface area contributed by atoms with Crippen molar-refractivity contribution in [2.45, 2.75) is 19.3 Å². The molecule has 0 N–H and O–H groups in total. The Balaban J connectivity index is 0.984. The molecule has 384 valence electrons. The van der Waals surface area contributed by atoms with Gasteiger partial charge in [0.15, 0.2) is 0 Å². The first-order valence-electron chi connectivity index (χ1n) is 27.9. The number of para-hydroxylation sites is 5. The number of nitrogens with zero attached hydrogens (tertiary/aromatic N) is 4. The van der Waals surface area contributed by atoms with E-state index in [1.54, 1.807) is 0 Å². The molecule has 0 fully saturated rings. The Morgan fingerprint density at radius 2 is 0.790 bits per heavy atom. The molecule has 0 saturated heterocycles. The number of anilines is 5. The summed E-state index contributed by atoms with van der Waals surface area (Å²) in [5.41, 5.74) is 20.1. The van der Waals surface area contributed by atoms with Gasteiger partial charge >= 0.3 is 0 Å². The molecular weight excluding hydrogens is 1000 g/mol. The Labute approximate surface area is 470 Å². The highest BCUT2D eigenvalue weighted by molar-refractivity contribution is 7.80. The Morgan fingerprint density at radius 1 is 0.333 bits per heavy atom. The van der Waals surface area contributed by atoms with Gasteiger partial charge in [-0.2, -0.15) is 0 Å². The second-order valence-electron chi connectivity index (χ2n) is 22.0. The van der Waals surface area contributed by atoms with Crippen LogP contribution in [0.5, 0.6) is 0 Å². The standard InChI is InChI=1S/C75H53N4OP/c1-75(2)63-33-18-15-32-60(63)74-64(75)34-21-37-71(74)78-69-44-40-52(50-38-42-67-61(46-50)58-30-16-19-35-65(58)76(67)54-22-7-3-8-23-54)48-72(69)79(56-26-11-5-12-27-56)81(80,57-28-13-6-14-29-57)73-49-53(41-45-70(73)78)51-39-43-68-62(47-51)59-31-17-20-36-66(59)77(68)55-24-9-4-10-25-55/h3-49H,1-2H3. The minimum Gasteiger partial charge on any atom is -0.309 e. The van der Waals surface area contributed by atoms with Gasteiger partial charge in [-0.15, -0.1) is 0 Å². The largest absolute Gasteiger partial charge is 0.309 e. The summed E-state index contributed by atoms with van der Waals surface area (Å²) in [6.45, 7) is 4.68. The Morgan fingerprint density at radius 3 is 1.40 bits per heavy atom. The van der Waals surface area contributed by atoms with E-state index in [1.165, 1.54) is 38.4 Å². The number of fused-ring (bicyclic) bond motifs is 11. The first-order chi connectivity index (χ1) is 39.8. The van der Waals surface area contributed by atoms with Crippen molar-refractivity contribution in [3.63, 3.8) is 0 Å². The monoisotopic (exact) mass is 1060 g/mol. The third-order valence-corrected chi connectivity index (χ3v) is 20.3. The van der Waals surface area contributed by atoms with Gasteiger partial charge in [0.25, 0.3) is 0 Å². The predicted octanol–water partition coefficient (Wildman–Crippen LogP) is 19.4. The molecule has 2 aliphatic rings. The molecule has 1 aliphatic carbocycles. The van der Waals surface area contributed by atoms with Crippen molar-refractivity contribution in [1.82, 2.24) is 9.13 Å². The van der Waals surface area contributed by atoms with E-state index >= 15 is 4.57 Å². The minimum absolute atomic E-state index is 0.257. The number of rotatable bonds is 7. The lowest BCUT2D eigenvalue weighted by atomic mass is 9.82. The molecule has 16 rings (SSSR count). The normalized spacial score (nSPS) is 15.2. The Bertz CT molecular complexity index is 4890. The highest BCUT2D eigenvalue weighted by Crippen LogP contribution is 2.64. The van der Waals surface area contributed by atoms with Crippen LogP contribution in [0.3, 0.4) is 0 Å². The van der Waals surface area contributed by atoms with Crippen LogP contribution in [0.15, 0.2) is 285 Å². The van der Waals surface area contributed by atoms with Crippen molar-refractivity contribution in [2.75, 3.05) is 9.57 Å². The molecule has 2 aromatic heterocycles. The molecule has 81 heavy (non-hydrogen) atoms. The van der Waals surface area contributed by atoms with E-state index in [1.807, 2.05) is 24.3 Å². The fraction of sp³-hybridized carbons (Fsp3) is 0.0400. The molecule has 1 atom stereocenters. The van der Waals surface area contributed by atoms with Crippen LogP contribution in [0.25, 0.3) is 88.4 Å². The molecular formula is C75H53N4OP. The Kier molecular flexibility index (Phi) is 10.5. The van der Waals surface area contributed by atoms with E-state index in [0.29, 0.717) is 0 Å². The zero-order valence-electron chi connectivity index (χ0n) is 44.8. The van der Waals surface area contributed by atoms with Gasteiger partial charge in [-0.1, -0.05) is 184 Å². The van der Waals surface area contributed by atoms with E-state index in [4.69, 9.17) is 0 Å². The smallest absolute Gasteiger partial charge is 0.236 e. The van der Waals surface area contributed by atoms with Gasteiger partial charge in [0, 0.05) is 54.9 Å². The molecule has 6 heteroatoms. The number of benzene rings is 12. The summed E-state index contributed by atoms with van der Waals surface area (Å²) in [6.07, 6.45) is 0. The molecule has 1 unspecified atom stereocenters. The van der Waals surface area contributed by atoms with Gasteiger partial charge in [0.1, 0.15) is 0 Å². The summed E-state index contributed by atoms with van der Waals surface area (Å²) in [6, 6.07) is 102. The number of aromatic nitrogens is 2. The zero-order valence-corrected chi connectivity index (χ0v) is 45.7. The van der Waals surface area contributed by atoms with Gasteiger partial charge < -0.3 is 14.0 Å². The number of hydrogen-bond donors (Lipinski definition) is 0. The van der Waals surface area contributed by atoms with Gasteiger partial charge in [-0.05, 0) is 154 Å². The summed E-state index contributed by atoms with van der Waals surface area (Å²) in [5.74, 6) is 0. The van der Waals surface area contributed by atoms with Gasteiger partial charge in [0.05, 0.1) is 50.1 Å². The lowest BCUT2D eigenvalue weighted by Crippen LogP contribution is -2.29. The maximum Gasteiger partial charge on any atom is 0.236 e. The summed E-state index contributed by atoms with van der Waals surface area (Å²) in [5, 5.41) is 6.18. The summed E-state index contributed by atoms with van der Waals surface area (Å²) < 4.78 is 25.1. The van der Waals surface area contributed by atoms with E-state index in [-0.39, 0.29) is 5.41 Å². The molecule has 0 bridgehead atoms. The van der Waals surface area contributed by atoms with Crippen molar-refractivity contribution in [1.29, 1.82) is 0 Å². The average molecular weight is 1060 g/mol. The van der Waals surface area contributed by atoms with Crippen LogP contribution in [0.1, 0.15) is 25.0 Å². The first kappa shape index (κ1) is 47.1. The lowest BCUT2D eigenvalue weighted by Gasteiger charge is -2.34. The van der Waals surface area contributed by atoms with Crippen molar-refractivity contribution in [3.8, 4) is 44.8 Å². The van der Waals surface area contributed by atoms with Crippen LogP contribution < -0.4 is 20.2 Å². The topological polar surface area (TPSA) is 33.4 Å². The zero-order chi connectivity index (χ0) is 54.0. The van der Waals surface area contributed by atoms with E-state index < -0.39 is 7.29 Å². The maximum absolute atomic E-state index is 18.2. The number of hydrogen-bond acceptors (Lipinski definition) is 2. The quantitative estimate of drug-likeness (QED) is 0.149. The lowest BCUT2D eigenvalue weighted by molar-refractivity contribution is 0.587. The molecule has 0 amide bonds. The third kappa shape index (κ3) is 7.02. The van der Waals surface area contributed by atoms with Crippen molar-refractivity contribution in [3.05, 3.63) is 296 Å². The fourth-order valence-electron chi connectivity index (χ4n) is 13.5. The molecule has 0 spiro atoms. The van der Waals surface area contributed by atoms with Crippen LogP contribution >= 0.6 is 7.29 Å². The van der Waals surface area contributed by atoms with E-state index in [9.17, 15) is 0 Å². The molecule has 0 saturated carbocycles. The molecule has 5 nitrogen and oxygen atoms in total. The Hall–Kier alpha value is -9.93. The summed E-state index contributed by atoms with van der Waals surface area (Å²) in [4.78, 5) is 2.43. The molecule has 3 heterocycles.